The average molecular weight is 256 g/mol. The first-order valence-electron chi connectivity index (χ1n) is 3.21. The summed E-state index contributed by atoms with van der Waals surface area (Å²) in [5, 5.41) is 10.1. The van der Waals surface area contributed by atoms with E-state index in [-0.39, 0.29) is 3.15 Å². The van der Waals surface area contributed by atoms with Gasteiger partial charge in [-0.1, -0.05) is 0 Å². The summed E-state index contributed by atoms with van der Waals surface area (Å²) in [5.74, 6) is 0. The second-order valence-corrected chi connectivity index (χ2v) is 5.03. The molecule has 0 aromatic heterocycles. The Balaban J connectivity index is 2.45. The van der Waals surface area contributed by atoms with Gasteiger partial charge >= 0.3 is 75.0 Å². The van der Waals surface area contributed by atoms with E-state index in [2.05, 4.69) is 0 Å². The third kappa shape index (κ3) is 3.36. The molecule has 2 radical (unpaired) electrons. The van der Waals surface area contributed by atoms with Crippen LogP contribution < -0.4 is 0 Å². The maximum absolute atomic E-state index is 10.1. The molecule has 4 heteroatoms. The SMILES string of the molecule is O=[N+]([O-])[Sn][CH2]c1ccccc1. The van der Waals surface area contributed by atoms with E-state index in [1.165, 1.54) is 0 Å². The van der Waals surface area contributed by atoms with Crippen molar-refractivity contribution < 1.29 is 3.15 Å². The number of nitrogens with zero attached hydrogens (tertiary/aromatic N) is 1. The summed E-state index contributed by atoms with van der Waals surface area (Å²) in [7, 11) is 0. The third-order valence-electron chi connectivity index (χ3n) is 1.26. The topological polar surface area (TPSA) is 43.1 Å². The van der Waals surface area contributed by atoms with E-state index in [1.807, 2.05) is 30.3 Å². The maximum atomic E-state index is 10.1. The molecular weight excluding hydrogens is 249 g/mol. The summed E-state index contributed by atoms with van der Waals surface area (Å²) in [6.45, 7) is 0. The summed E-state index contributed by atoms with van der Waals surface area (Å²) >= 11 is -1.39. The van der Waals surface area contributed by atoms with Gasteiger partial charge in [-0.25, -0.2) is 0 Å². The number of benzene rings is 1. The predicted molar refractivity (Wildman–Crippen MR) is 42.9 cm³/mol. The van der Waals surface area contributed by atoms with Gasteiger partial charge in [0, 0.05) is 0 Å². The molecule has 1 rings (SSSR count). The summed E-state index contributed by atoms with van der Waals surface area (Å²) in [6.07, 6.45) is 0. The molecule has 0 bridgehead atoms. The zero-order valence-electron chi connectivity index (χ0n) is 5.86. The number of hydrogen-bond donors (Lipinski definition) is 0. The zero-order valence-corrected chi connectivity index (χ0v) is 8.71. The van der Waals surface area contributed by atoms with Crippen molar-refractivity contribution in [2.24, 2.45) is 0 Å². The normalized spacial score (nSPS) is 9.45. The van der Waals surface area contributed by atoms with E-state index in [1.54, 1.807) is 0 Å². The minimum atomic E-state index is -1.39. The molecule has 1 aromatic carbocycles. The van der Waals surface area contributed by atoms with Crippen LogP contribution in [-0.2, 0) is 4.44 Å². The van der Waals surface area contributed by atoms with E-state index < -0.39 is 21.4 Å². The Kier molecular flexibility index (Phi) is 3.35. The van der Waals surface area contributed by atoms with E-state index in [0.29, 0.717) is 4.44 Å². The van der Waals surface area contributed by atoms with E-state index in [0.717, 1.165) is 5.56 Å². The molecular formula is C7H7NO2Sn. The van der Waals surface area contributed by atoms with Crippen LogP contribution >= 0.6 is 0 Å². The Morgan fingerprint density at radius 3 is 2.55 bits per heavy atom. The summed E-state index contributed by atoms with van der Waals surface area (Å²) in [4.78, 5) is 10.1. The fourth-order valence-corrected chi connectivity index (χ4v) is 2.31. The second kappa shape index (κ2) is 4.33. The monoisotopic (exact) mass is 257 g/mol. The van der Waals surface area contributed by atoms with Crippen LogP contribution in [0.4, 0.5) is 0 Å². The van der Waals surface area contributed by atoms with Crippen LogP contribution in [0, 0.1) is 10.1 Å². The molecule has 0 heterocycles. The van der Waals surface area contributed by atoms with Crippen LogP contribution in [0.3, 0.4) is 0 Å². The van der Waals surface area contributed by atoms with Gasteiger partial charge in [-0.2, -0.15) is 0 Å². The predicted octanol–water partition coefficient (Wildman–Crippen LogP) is 1.08. The van der Waals surface area contributed by atoms with Gasteiger partial charge in [0.2, 0.25) is 0 Å². The number of rotatable bonds is 3. The molecule has 0 amide bonds. The van der Waals surface area contributed by atoms with E-state index >= 15 is 0 Å². The molecule has 0 N–H and O–H groups in total. The molecule has 56 valence electrons. The van der Waals surface area contributed by atoms with Crippen LogP contribution in [0.1, 0.15) is 5.56 Å². The Bertz CT molecular complexity index is 237. The molecule has 0 saturated carbocycles. The van der Waals surface area contributed by atoms with Crippen molar-refractivity contribution in [3.63, 3.8) is 0 Å². The van der Waals surface area contributed by atoms with Crippen LogP contribution in [-0.4, -0.2) is 24.6 Å². The Hall–Kier alpha value is -0.581. The van der Waals surface area contributed by atoms with Gasteiger partial charge in [0.25, 0.3) is 0 Å². The van der Waals surface area contributed by atoms with Gasteiger partial charge in [0.1, 0.15) is 0 Å². The van der Waals surface area contributed by atoms with Crippen LogP contribution in [0.25, 0.3) is 0 Å². The average Bonchev–Trinajstić information content (AvgIpc) is 2.03. The summed E-state index contributed by atoms with van der Waals surface area (Å²) in [5.41, 5.74) is 1.09. The molecule has 1 aromatic rings. The van der Waals surface area contributed by atoms with Crippen LogP contribution in [0.2, 0.25) is 0 Å². The molecule has 0 atom stereocenters. The molecule has 0 aliphatic heterocycles. The van der Waals surface area contributed by atoms with Crippen molar-refractivity contribution in [3.05, 3.63) is 46.0 Å². The Morgan fingerprint density at radius 2 is 2.00 bits per heavy atom. The Labute approximate surface area is 75.1 Å². The first kappa shape index (κ1) is 8.51. The van der Waals surface area contributed by atoms with Crippen molar-refractivity contribution in [1.82, 2.24) is 0 Å². The second-order valence-electron chi connectivity index (χ2n) is 2.08. The molecule has 0 aliphatic carbocycles. The zero-order chi connectivity index (χ0) is 8.10. The van der Waals surface area contributed by atoms with Gasteiger partial charge in [-0.15, -0.1) is 0 Å². The third-order valence-corrected chi connectivity index (χ3v) is 3.61. The van der Waals surface area contributed by atoms with Crippen molar-refractivity contribution in [2.75, 3.05) is 0 Å². The molecule has 11 heavy (non-hydrogen) atoms. The minimum absolute atomic E-state index is 0.129. The van der Waals surface area contributed by atoms with Crippen LogP contribution in [0.5, 0.6) is 0 Å². The standard InChI is InChI=1S/C7H7.NO2.Sn/c1-7-5-3-2-4-6-7;2-1-3;/h2-6H,1H2;;. The molecule has 0 saturated heterocycles. The quantitative estimate of drug-likeness (QED) is 0.461. The number of nitro groups is 1. The first-order chi connectivity index (χ1) is 5.29. The summed E-state index contributed by atoms with van der Waals surface area (Å²) < 4.78 is 0.563. The first-order valence-corrected chi connectivity index (χ1v) is 6.50. The fourth-order valence-electron chi connectivity index (χ4n) is 0.752. The van der Waals surface area contributed by atoms with E-state index in [9.17, 15) is 10.1 Å². The van der Waals surface area contributed by atoms with Crippen molar-refractivity contribution in [2.45, 2.75) is 4.44 Å². The Morgan fingerprint density at radius 1 is 1.36 bits per heavy atom. The van der Waals surface area contributed by atoms with Gasteiger partial charge in [0.15, 0.2) is 0 Å². The van der Waals surface area contributed by atoms with Gasteiger partial charge in [-0.05, 0) is 0 Å². The van der Waals surface area contributed by atoms with Crippen molar-refractivity contribution in [3.8, 4) is 0 Å². The summed E-state index contributed by atoms with van der Waals surface area (Å²) in [6, 6.07) is 9.61. The molecule has 0 aliphatic rings. The molecule has 0 spiro atoms. The van der Waals surface area contributed by atoms with Crippen molar-refractivity contribution in [1.29, 1.82) is 0 Å². The molecule has 3 nitrogen and oxygen atoms in total. The van der Waals surface area contributed by atoms with Gasteiger partial charge in [0.05, 0.1) is 0 Å². The van der Waals surface area contributed by atoms with Gasteiger partial charge in [-0.3, -0.25) is 0 Å². The molecule has 0 unspecified atom stereocenters. The van der Waals surface area contributed by atoms with E-state index in [4.69, 9.17) is 0 Å². The van der Waals surface area contributed by atoms with Crippen molar-refractivity contribution >= 4 is 21.4 Å². The number of hydrogen-bond acceptors (Lipinski definition) is 2. The van der Waals surface area contributed by atoms with Gasteiger partial charge < -0.3 is 0 Å². The molecule has 0 fully saturated rings. The fraction of sp³-hybridized carbons (Fsp3) is 0.143. The van der Waals surface area contributed by atoms with Crippen LogP contribution in [0.15, 0.2) is 30.3 Å².